The molecule has 0 unspecified atom stereocenters. The summed E-state index contributed by atoms with van der Waals surface area (Å²) in [4.78, 5) is 11.1. The summed E-state index contributed by atoms with van der Waals surface area (Å²) in [6.45, 7) is 2.85. The first-order valence-electron chi connectivity index (χ1n) is 4.36. The van der Waals surface area contributed by atoms with E-state index in [-0.39, 0.29) is 5.78 Å². The number of Topliss-reactive ketones (excluding diaryl/α,β-unsaturated/α-hetero) is 1. The Morgan fingerprint density at radius 3 is 2.21 bits per heavy atom. The van der Waals surface area contributed by atoms with Crippen molar-refractivity contribution in [1.29, 1.82) is 0 Å². The molecule has 0 aliphatic rings. The largest absolute Gasteiger partial charge is 0.497 e. The summed E-state index contributed by atoms with van der Waals surface area (Å²) in [5.74, 6) is 0.427. The first kappa shape index (κ1) is 10.7. The molecule has 0 aromatic heterocycles. The maximum atomic E-state index is 11.1. The van der Waals surface area contributed by atoms with Crippen molar-refractivity contribution in [2.75, 3.05) is 7.11 Å². The van der Waals surface area contributed by atoms with Crippen molar-refractivity contribution >= 4 is 5.78 Å². The SMILES string of the molecule is COc1ccc([C@@](C)(O)C(C)=O)cc1. The van der Waals surface area contributed by atoms with E-state index in [4.69, 9.17) is 4.74 Å². The van der Waals surface area contributed by atoms with Gasteiger partial charge in [-0.1, -0.05) is 12.1 Å². The van der Waals surface area contributed by atoms with Gasteiger partial charge in [-0.15, -0.1) is 0 Å². The van der Waals surface area contributed by atoms with Gasteiger partial charge in [0.05, 0.1) is 7.11 Å². The monoisotopic (exact) mass is 194 g/mol. The van der Waals surface area contributed by atoms with Crippen LogP contribution in [0.15, 0.2) is 24.3 Å². The van der Waals surface area contributed by atoms with E-state index in [1.807, 2.05) is 0 Å². The van der Waals surface area contributed by atoms with Crippen LogP contribution in [-0.2, 0) is 10.4 Å². The van der Waals surface area contributed by atoms with E-state index >= 15 is 0 Å². The average molecular weight is 194 g/mol. The zero-order valence-electron chi connectivity index (χ0n) is 8.57. The fourth-order valence-electron chi connectivity index (χ4n) is 1.12. The van der Waals surface area contributed by atoms with E-state index in [0.29, 0.717) is 11.3 Å². The van der Waals surface area contributed by atoms with Gasteiger partial charge < -0.3 is 9.84 Å². The second-order valence-electron chi connectivity index (χ2n) is 3.36. The lowest BCUT2D eigenvalue weighted by atomic mass is 9.92. The summed E-state index contributed by atoms with van der Waals surface area (Å²) in [6.07, 6.45) is 0. The molecule has 0 aliphatic heterocycles. The summed E-state index contributed by atoms with van der Waals surface area (Å²) in [5.41, 5.74) is -0.836. The highest BCUT2D eigenvalue weighted by Gasteiger charge is 2.28. The van der Waals surface area contributed by atoms with Crippen LogP contribution in [0.4, 0.5) is 0 Å². The molecule has 1 N–H and O–H groups in total. The predicted octanol–water partition coefficient (Wildman–Crippen LogP) is 1.49. The number of hydrogen-bond donors (Lipinski definition) is 1. The van der Waals surface area contributed by atoms with Gasteiger partial charge in [-0.25, -0.2) is 0 Å². The number of benzene rings is 1. The summed E-state index contributed by atoms with van der Waals surface area (Å²) >= 11 is 0. The second-order valence-corrected chi connectivity index (χ2v) is 3.36. The van der Waals surface area contributed by atoms with E-state index < -0.39 is 5.60 Å². The summed E-state index contributed by atoms with van der Waals surface area (Å²) in [6, 6.07) is 6.79. The molecule has 0 fully saturated rings. The van der Waals surface area contributed by atoms with E-state index in [9.17, 15) is 9.90 Å². The van der Waals surface area contributed by atoms with Crippen LogP contribution >= 0.6 is 0 Å². The molecule has 0 aliphatic carbocycles. The maximum Gasteiger partial charge on any atom is 0.165 e. The minimum Gasteiger partial charge on any atom is -0.497 e. The van der Waals surface area contributed by atoms with Gasteiger partial charge in [0.2, 0.25) is 0 Å². The summed E-state index contributed by atoms with van der Waals surface area (Å²) < 4.78 is 4.98. The van der Waals surface area contributed by atoms with Gasteiger partial charge in [0.1, 0.15) is 11.4 Å². The molecule has 0 saturated heterocycles. The zero-order valence-corrected chi connectivity index (χ0v) is 8.57. The number of rotatable bonds is 3. The van der Waals surface area contributed by atoms with Gasteiger partial charge in [0.15, 0.2) is 5.78 Å². The lowest BCUT2D eigenvalue weighted by Gasteiger charge is -2.20. The Morgan fingerprint density at radius 2 is 1.86 bits per heavy atom. The number of carbonyl (C=O) groups excluding carboxylic acids is 1. The topological polar surface area (TPSA) is 46.5 Å². The average Bonchev–Trinajstić information content (AvgIpc) is 2.17. The molecule has 1 rings (SSSR count). The Labute approximate surface area is 83.3 Å². The summed E-state index contributed by atoms with van der Waals surface area (Å²) in [7, 11) is 1.57. The molecule has 1 aromatic rings. The van der Waals surface area contributed by atoms with Gasteiger partial charge in [-0.05, 0) is 31.5 Å². The smallest absolute Gasteiger partial charge is 0.165 e. The van der Waals surface area contributed by atoms with E-state index in [1.54, 1.807) is 31.4 Å². The van der Waals surface area contributed by atoms with Gasteiger partial charge in [-0.3, -0.25) is 4.79 Å². The molecule has 1 aromatic carbocycles. The van der Waals surface area contributed by atoms with Crippen molar-refractivity contribution in [3.8, 4) is 5.75 Å². The third-order valence-corrected chi connectivity index (χ3v) is 2.34. The highest BCUT2D eigenvalue weighted by molar-refractivity contribution is 5.85. The molecule has 0 bridgehead atoms. The molecule has 1 atom stereocenters. The number of aliphatic hydroxyl groups is 1. The number of carbonyl (C=O) groups is 1. The van der Waals surface area contributed by atoms with Crippen LogP contribution in [0.1, 0.15) is 19.4 Å². The lowest BCUT2D eigenvalue weighted by molar-refractivity contribution is -0.134. The van der Waals surface area contributed by atoms with Crippen LogP contribution in [0.5, 0.6) is 5.75 Å². The van der Waals surface area contributed by atoms with Crippen molar-refractivity contribution in [1.82, 2.24) is 0 Å². The molecule has 0 radical (unpaired) electrons. The molecule has 0 amide bonds. The number of hydrogen-bond acceptors (Lipinski definition) is 3. The minimum atomic E-state index is -1.41. The molecule has 76 valence electrons. The quantitative estimate of drug-likeness (QED) is 0.793. The van der Waals surface area contributed by atoms with E-state index in [0.717, 1.165) is 0 Å². The molecule has 3 heteroatoms. The van der Waals surface area contributed by atoms with Crippen molar-refractivity contribution in [3.05, 3.63) is 29.8 Å². The molecule has 3 nitrogen and oxygen atoms in total. The predicted molar refractivity (Wildman–Crippen MR) is 53.2 cm³/mol. The van der Waals surface area contributed by atoms with Gasteiger partial charge in [-0.2, -0.15) is 0 Å². The van der Waals surface area contributed by atoms with Crippen molar-refractivity contribution < 1.29 is 14.6 Å². The first-order valence-corrected chi connectivity index (χ1v) is 4.36. The van der Waals surface area contributed by atoms with Crippen LogP contribution in [0, 0.1) is 0 Å². The van der Waals surface area contributed by atoms with Crippen LogP contribution in [-0.4, -0.2) is 18.0 Å². The van der Waals surface area contributed by atoms with Crippen LogP contribution in [0.2, 0.25) is 0 Å². The van der Waals surface area contributed by atoms with E-state index in [1.165, 1.54) is 13.8 Å². The lowest BCUT2D eigenvalue weighted by Crippen LogP contribution is -2.29. The van der Waals surface area contributed by atoms with Crippen molar-refractivity contribution in [3.63, 3.8) is 0 Å². The zero-order chi connectivity index (χ0) is 10.8. The number of methoxy groups -OCH3 is 1. The highest BCUT2D eigenvalue weighted by atomic mass is 16.5. The molecular formula is C11H14O3. The number of ether oxygens (including phenoxy) is 1. The Bertz CT molecular complexity index is 325. The number of ketones is 1. The fraction of sp³-hybridized carbons (Fsp3) is 0.364. The fourth-order valence-corrected chi connectivity index (χ4v) is 1.12. The third-order valence-electron chi connectivity index (χ3n) is 2.34. The van der Waals surface area contributed by atoms with Gasteiger partial charge in [0.25, 0.3) is 0 Å². The van der Waals surface area contributed by atoms with E-state index in [2.05, 4.69) is 0 Å². The molecule has 0 heterocycles. The molecule has 0 saturated carbocycles. The maximum absolute atomic E-state index is 11.1. The Hall–Kier alpha value is -1.35. The van der Waals surface area contributed by atoms with Crippen LogP contribution in [0.3, 0.4) is 0 Å². The molecule has 0 spiro atoms. The Kier molecular flexibility index (Phi) is 2.91. The molecular weight excluding hydrogens is 180 g/mol. The van der Waals surface area contributed by atoms with Crippen molar-refractivity contribution in [2.24, 2.45) is 0 Å². The normalized spacial score (nSPS) is 14.6. The van der Waals surface area contributed by atoms with Crippen LogP contribution in [0.25, 0.3) is 0 Å². The van der Waals surface area contributed by atoms with Crippen LogP contribution < -0.4 is 4.74 Å². The first-order chi connectivity index (χ1) is 6.48. The standard InChI is InChI=1S/C11H14O3/c1-8(12)11(2,13)9-4-6-10(14-3)7-5-9/h4-7,13H,1-3H3/t11-/m0/s1. The second kappa shape index (κ2) is 3.80. The van der Waals surface area contributed by atoms with Crippen molar-refractivity contribution in [2.45, 2.75) is 19.4 Å². The highest BCUT2D eigenvalue weighted by Crippen LogP contribution is 2.23. The third kappa shape index (κ3) is 1.93. The van der Waals surface area contributed by atoms with Gasteiger partial charge in [0, 0.05) is 0 Å². The van der Waals surface area contributed by atoms with Gasteiger partial charge >= 0.3 is 0 Å². The Morgan fingerprint density at radius 1 is 1.36 bits per heavy atom. The summed E-state index contributed by atoms with van der Waals surface area (Å²) in [5, 5.41) is 9.84. The molecule has 14 heavy (non-hydrogen) atoms. The Balaban J connectivity index is 3.02. The minimum absolute atomic E-state index is 0.275.